The molecule has 0 atom stereocenters. The number of aromatic amines is 1. The lowest BCUT2D eigenvalue weighted by atomic mass is 10.4. The number of H-pyrrole nitrogens is 1. The number of anilines is 2. The van der Waals surface area contributed by atoms with Crippen LogP contribution in [0, 0.1) is 13.8 Å². The Morgan fingerprint density at radius 3 is 2.65 bits per heavy atom. The number of sulfonamides is 1. The van der Waals surface area contributed by atoms with Crippen LogP contribution in [-0.2, 0) is 14.8 Å². The quantitative estimate of drug-likeness (QED) is 0.631. The number of nitrogens with zero attached hydrogens (tertiary/aromatic N) is 2. The van der Waals surface area contributed by atoms with Gasteiger partial charge in [-0.2, -0.15) is 5.10 Å². The van der Waals surface area contributed by atoms with Gasteiger partial charge in [0.1, 0.15) is 10.7 Å². The van der Waals surface area contributed by atoms with Crippen LogP contribution in [-0.4, -0.2) is 43.9 Å². The van der Waals surface area contributed by atoms with Gasteiger partial charge < -0.3 is 10.1 Å². The molecule has 23 heavy (non-hydrogen) atoms. The van der Waals surface area contributed by atoms with Gasteiger partial charge in [-0.3, -0.25) is 9.82 Å². The summed E-state index contributed by atoms with van der Waals surface area (Å²) < 4.78 is 32.2. The minimum Gasteiger partial charge on any atom is -0.385 e. The molecule has 2 aromatic heterocycles. The van der Waals surface area contributed by atoms with Gasteiger partial charge in [-0.25, -0.2) is 13.4 Å². The van der Waals surface area contributed by atoms with E-state index < -0.39 is 10.0 Å². The highest BCUT2D eigenvalue weighted by atomic mass is 32.2. The third-order valence-electron chi connectivity index (χ3n) is 3.19. The number of hydrogen-bond acceptors (Lipinski definition) is 6. The molecule has 0 radical (unpaired) electrons. The molecule has 2 aromatic rings. The molecule has 0 aliphatic carbocycles. The van der Waals surface area contributed by atoms with Gasteiger partial charge in [0.15, 0.2) is 0 Å². The first kappa shape index (κ1) is 17.2. The molecular formula is C14H21N5O3S. The average molecular weight is 339 g/mol. The maximum atomic E-state index is 12.4. The van der Waals surface area contributed by atoms with E-state index in [1.807, 2.05) is 0 Å². The summed E-state index contributed by atoms with van der Waals surface area (Å²) in [5.74, 6) is 0.257. The Bertz CT molecular complexity index is 721. The monoisotopic (exact) mass is 339 g/mol. The third kappa shape index (κ3) is 4.42. The van der Waals surface area contributed by atoms with Crippen molar-refractivity contribution in [3.63, 3.8) is 0 Å². The fourth-order valence-corrected chi connectivity index (χ4v) is 3.51. The van der Waals surface area contributed by atoms with Crippen molar-refractivity contribution in [3.8, 4) is 0 Å². The fraction of sp³-hybridized carbons (Fsp3) is 0.429. The number of methoxy groups -OCH3 is 1. The number of ether oxygens (including phenoxy) is 1. The van der Waals surface area contributed by atoms with E-state index in [1.165, 1.54) is 0 Å². The predicted molar refractivity (Wildman–Crippen MR) is 88.1 cm³/mol. The van der Waals surface area contributed by atoms with Crippen molar-refractivity contribution in [1.29, 1.82) is 0 Å². The molecule has 0 unspecified atom stereocenters. The van der Waals surface area contributed by atoms with Crippen molar-refractivity contribution in [1.82, 2.24) is 15.2 Å². The highest BCUT2D eigenvalue weighted by Gasteiger charge is 2.22. The number of aromatic nitrogens is 3. The number of pyridine rings is 1. The van der Waals surface area contributed by atoms with Gasteiger partial charge in [0.2, 0.25) is 0 Å². The Kier molecular flexibility index (Phi) is 5.56. The maximum Gasteiger partial charge on any atom is 0.266 e. The second-order valence-electron chi connectivity index (χ2n) is 5.07. The summed E-state index contributed by atoms with van der Waals surface area (Å²) in [5, 5.41) is 9.74. The van der Waals surface area contributed by atoms with Crippen molar-refractivity contribution in [3.05, 3.63) is 29.7 Å². The number of rotatable bonds is 8. The molecule has 0 bridgehead atoms. The molecule has 0 saturated carbocycles. The summed E-state index contributed by atoms with van der Waals surface area (Å²) >= 11 is 0. The first-order chi connectivity index (χ1) is 10.9. The molecule has 126 valence electrons. The molecule has 8 nitrogen and oxygen atoms in total. The topological polar surface area (TPSA) is 109 Å². The van der Waals surface area contributed by atoms with Gasteiger partial charge in [-0.05, 0) is 32.4 Å². The highest BCUT2D eigenvalue weighted by Crippen LogP contribution is 2.20. The van der Waals surface area contributed by atoms with Crippen LogP contribution in [0.3, 0.4) is 0 Å². The zero-order chi connectivity index (χ0) is 16.9. The number of hydrogen-bond donors (Lipinski definition) is 3. The molecule has 9 heteroatoms. The van der Waals surface area contributed by atoms with E-state index >= 15 is 0 Å². The van der Waals surface area contributed by atoms with E-state index in [4.69, 9.17) is 4.74 Å². The molecule has 0 aliphatic rings. The van der Waals surface area contributed by atoms with E-state index in [1.54, 1.807) is 39.3 Å². The minimum atomic E-state index is -3.71. The van der Waals surface area contributed by atoms with E-state index in [9.17, 15) is 8.42 Å². The maximum absolute atomic E-state index is 12.4. The summed E-state index contributed by atoms with van der Waals surface area (Å²) in [7, 11) is -2.05. The van der Waals surface area contributed by atoms with E-state index in [2.05, 4.69) is 25.2 Å². The normalized spacial score (nSPS) is 11.4. The first-order valence-electron chi connectivity index (χ1n) is 7.17. The van der Waals surface area contributed by atoms with Crippen molar-refractivity contribution >= 4 is 21.5 Å². The van der Waals surface area contributed by atoms with Crippen LogP contribution in [0.4, 0.5) is 11.5 Å². The van der Waals surface area contributed by atoms with E-state index in [-0.39, 0.29) is 10.7 Å². The van der Waals surface area contributed by atoms with Crippen molar-refractivity contribution in [2.24, 2.45) is 0 Å². The van der Waals surface area contributed by atoms with Gasteiger partial charge in [-0.1, -0.05) is 0 Å². The van der Waals surface area contributed by atoms with Crippen LogP contribution in [0.25, 0.3) is 0 Å². The average Bonchev–Trinajstić information content (AvgIpc) is 2.85. The standard InChI is InChI=1S/C14H21N5O3S/c1-10-14(11(2)18-17-10)23(20,21)19-13-6-5-12(9-16-13)15-7-4-8-22-3/h5-6,9,15H,4,7-8H2,1-3H3,(H,16,19)(H,17,18). The van der Waals surface area contributed by atoms with Crippen LogP contribution >= 0.6 is 0 Å². The van der Waals surface area contributed by atoms with Crippen LogP contribution in [0.1, 0.15) is 17.8 Å². The lowest BCUT2D eigenvalue weighted by Crippen LogP contribution is -2.15. The summed E-state index contributed by atoms with van der Waals surface area (Å²) in [6.07, 6.45) is 2.46. The summed E-state index contributed by atoms with van der Waals surface area (Å²) in [4.78, 5) is 4.27. The van der Waals surface area contributed by atoms with Crippen molar-refractivity contribution < 1.29 is 13.2 Å². The SMILES string of the molecule is COCCCNc1ccc(NS(=O)(=O)c2c(C)n[nH]c2C)nc1. The Morgan fingerprint density at radius 1 is 1.30 bits per heavy atom. The molecular weight excluding hydrogens is 318 g/mol. The lowest BCUT2D eigenvalue weighted by Gasteiger charge is -2.09. The van der Waals surface area contributed by atoms with Gasteiger partial charge in [-0.15, -0.1) is 0 Å². The van der Waals surface area contributed by atoms with Gasteiger partial charge in [0.25, 0.3) is 10.0 Å². The Balaban J connectivity index is 2.03. The smallest absolute Gasteiger partial charge is 0.266 e. The predicted octanol–water partition coefficient (Wildman–Crippen LogP) is 1.67. The summed E-state index contributed by atoms with van der Waals surface area (Å²) in [6, 6.07) is 3.38. The molecule has 2 rings (SSSR count). The van der Waals surface area contributed by atoms with E-state index in [0.29, 0.717) is 18.0 Å². The van der Waals surface area contributed by atoms with Crippen LogP contribution in [0.2, 0.25) is 0 Å². The third-order valence-corrected chi connectivity index (χ3v) is 4.80. The van der Waals surface area contributed by atoms with E-state index in [0.717, 1.165) is 18.7 Å². The highest BCUT2D eigenvalue weighted by molar-refractivity contribution is 7.92. The number of nitrogens with one attached hydrogen (secondary N) is 3. The van der Waals surface area contributed by atoms with Gasteiger partial charge in [0, 0.05) is 20.3 Å². The van der Waals surface area contributed by atoms with Crippen LogP contribution < -0.4 is 10.0 Å². The Morgan fingerprint density at radius 2 is 2.09 bits per heavy atom. The molecule has 0 aliphatic heterocycles. The second kappa shape index (κ2) is 7.42. The molecule has 0 amide bonds. The minimum absolute atomic E-state index is 0.154. The largest absolute Gasteiger partial charge is 0.385 e. The first-order valence-corrected chi connectivity index (χ1v) is 8.65. The number of aryl methyl sites for hydroxylation is 2. The lowest BCUT2D eigenvalue weighted by molar-refractivity contribution is 0.198. The molecule has 3 N–H and O–H groups in total. The molecule has 0 fully saturated rings. The molecule has 0 aromatic carbocycles. The summed E-state index contributed by atoms with van der Waals surface area (Å²) in [6.45, 7) is 4.74. The van der Waals surface area contributed by atoms with Gasteiger partial charge in [0.05, 0.1) is 23.3 Å². The molecule has 0 saturated heterocycles. The second-order valence-corrected chi connectivity index (χ2v) is 6.69. The zero-order valence-corrected chi connectivity index (χ0v) is 14.2. The summed E-state index contributed by atoms with van der Waals surface area (Å²) in [5.41, 5.74) is 1.73. The Labute approximate surface area is 135 Å². The fourth-order valence-electron chi connectivity index (χ4n) is 2.13. The van der Waals surface area contributed by atoms with Crippen LogP contribution in [0.5, 0.6) is 0 Å². The van der Waals surface area contributed by atoms with Crippen LogP contribution in [0.15, 0.2) is 23.2 Å². The zero-order valence-electron chi connectivity index (χ0n) is 13.4. The van der Waals surface area contributed by atoms with Crippen molar-refractivity contribution in [2.75, 3.05) is 30.3 Å². The Hall–Kier alpha value is -2.13. The van der Waals surface area contributed by atoms with Gasteiger partial charge >= 0.3 is 0 Å². The molecule has 2 heterocycles. The van der Waals surface area contributed by atoms with Crippen molar-refractivity contribution in [2.45, 2.75) is 25.2 Å². The molecule has 0 spiro atoms.